The predicted octanol–water partition coefficient (Wildman–Crippen LogP) is 3.78. The van der Waals surface area contributed by atoms with Gasteiger partial charge in [-0.3, -0.25) is 0 Å². The zero-order chi connectivity index (χ0) is 19.8. The second-order valence-electron chi connectivity index (χ2n) is 8.49. The third-order valence-corrected chi connectivity index (χ3v) is 6.95. The zero-order valence-corrected chi connectivity index (χ0v) is 18.2. The molecule has 1 aliphatic rings. The van der Waals surface area contributed by atoms with Crippen LogP contribution in [-0.2, 0) is 10.8 Å². The summed E-state index contributed by atoms with van der Waals surface area (Å²) >= 11 is -0.0492. The van der Waals surface area contributed by atoms with Crippen molar-refractivity contribution in [2.75, 3.05) is 0 Å². The molecule has 0 spiro atoms. The van der Waals surface area contributed by atoms with Gasteiger partial charge < -0.3 is 0 Å². The topological polar surface area (TPSA) is 50.2 Å². The molecule has 0 aliphatic heterocycles. The molecule has 0 amide bonds. The van der Waals surface area contributed by atoms with E-state index in [1.165, 1.54) is 40.2 Å². The van der Waals surface area contributed by atoms with Crippen LogP contribution in [0.2, 0.25) is 0 Å². The molecule has 4 heteroatoms. The van der Waals surface area contributed by atoms with Gasteiger partial charge in [0.05, 0.1) is 0 Å². The van der Waals surface area contributed by atoms with Gasteiger partial charge in [-0.15, -0.1) is 0 Å². The Morgan fingerprint density at radius 1 is 1.19 bits per heavy atom. The first-order valence-electron chi connectivity index (χ1n) is 9.13. The van der Waals surface area contributed by atoms with Gasteiger partial charge in [0, 0.05) is 0 Å². The molecule has 1 aliphatic carbocycles. The monoisotopic (exact) mass is 427 g/mol. The molecule has 2 aromatic rings. The van der Waals surface area contributed by atoms with Gasteiger partial charge >= 0.3 is 168 Å². The summed E-state index contributed by atoms with van der Waals surface area (Å²) in [6.07, 6.45) is 3.84. The van der Waals surface area contributed by atoms with Crippen molar-refractivity contribution in [1.29, 1.82) is 0 Å². The third kappa shape index (κ3) is 3.95. The minimum atomic E-state index is -1.04. The normalized spacial score (nSPS) is 16.8. The maximum absolute atomic E-state index is 11.3. The SMILES string of the molecule is Cc1cc([Se]C#Cc2cccnc2C(=O)O)c2c(c1)C(C)(C)CCC2(C)C. The molecule has 0 atom stereocenters. The van der Waals surface area contributed by atoms with Gasteiger partial charge in [-0.2, -0.15) is 0 Å². The zero-order valence-electron chi connectivity index (χ0n) is 16.5. The van der Waals surface area contributed by atoms with Crippen molar-refractivity contribution in [1.82, 2.24) is 4.98 Å². The Labute approximate surface area is 167 Å². The van der Waals surface area contributed by atoms with Gasteiger partial charge in [-0.25, -0.2) is 0 Å². The van der Waals surface area contributed by atoms with Gasteiger partial charge in [0.15, 0.2) is 0 Å². The van der Waals surface area contributed by atoms with Crippen molar-refractivity contribution in [3.8, 4) is 10.7 Å². The van der Waals surface area contributed by atoms with E-state index in [0.29, 0.717) is 5.56 Å². The number of fused-ring (bicyclic) bond motifs is 1. The van der Waals surface area contributed by atoms with Gasteiger partial charge in [0.1, 0.15) is 0 Å². The molecule has 0 fully saturated rings. The summed E-state index contributed by atoms with van der Waals surface area (Å²) in [6.45, 7) is 11.5. The van der Waals surface area contributed by atoms with Crippen molar-refractivity contribution >= 4 is 25.4 Å². The van der Waals surface area contributed by atoms with E-state index in [4.69, 9.17) is 0 Å². The van der Waals surface area contributed by atoms with Crippen LogP contribution in [0, 0.1) is 17.7 Å². The standard InChI is InChI=1S/C23H25NO2Se/c1-15-13-17-19(23(4,5)10-9-22(17,2)3)18(14-15)27-12-8-16-7-6-11-24-20(16)21(25)26/h6-7,11,13-14H,9-10H2,1-5H3,(H,25,26). The van der Waals surface area contributed by atoms with Crippen molar-refractivity contribution < 1.29 is 9.90 Å². The summed E-state index contributed by atoms with van der Waals surface area (Å²) in [6, 6.07) is 8.05. The number of carboxylic acid groups (broad SMARTS) is 1. The molecule has 0 saturated heterocycles. The molecule has 3 rings (SSSR count). The van der Waals surface area contributed by atoms with Gasteiger partial charge in [0.2, 0.25) is 0 Å². The number of hydrogen-bond donors (Lipinski definition) is 1. The van der Waals surface area contributed by atoms with Crippen LogP contribution < -0.4 is 4.46 Å². The van der Waals surface area contributed by atoms with Crippen LogP contribution in [-0.4, -0.2) is 31.0 Å². The van der Waals surface area contributed by atoms with E-state index in [2.05, 4.69) is 62.5 Å². The van der Waals surface area contributed by atoms with Crippen LogP contribution >= 0.6 is 0 Å². The Morgan fingerprint density at radius 2 is 1.89 bits per heavy atom. The molecular formula is C23H25NO2Se. The summed E-state index contributed by atoms with van der Waals surface area (Å²) in [5, 5.41) is 9.28. The first-order valence-corrected chi connectivity index (χ1v) is 10.8. The number of benzene rings is 1. The Bertz CT molecular complexity index is 964. The predicted molar refractivity (Wildman–Crippen MR) is 110 cm³/mol. The van der Waals surface area contributed by atoms with Crippen LogP contribution in [0.4, 0.5) is 0 Å². The van der Waals surface area contributed by atoms with E-state index in [-0.39, 0.29) is 31.5 Å². The number of aromatic carboxylic acids is 1. The molecule has 140 valence electrons. The molecule has 3 nitrogen and oxygen atoms in total. The number of nitrogens with zero attached hydrogens (tertiary/aromatic N) is 1. The number of aryl methyl sites for hydroxylation is 1. The number of aromatic nitrogens is 1. The average Bonchev–Trinajstić information content (AvgIpc) is 2.59. The van der Waals surface area contributed by atoms with Crippen LogP contribution in [0.15, 0.2) is 30.5 Å². The number of hydrogen-bond acceptors (Lipinski definition) is 2. The van der Waals surface area contributed by atoms with E-state index in [9.17, 15) is 9.90 Å². The number of carboxylic acids is 1. The molecule has 27 heavy (non-hydrogen) atoms. The Kier molecular flexibility index (Phi) is 5.21. The average molecular weight is 426 g/mol. The van der Waals surface area contributed by atoms with Crippen LogP contribution in [0.1, 0.15) is 73.3 Å². The summed E-state index contributed by atoms with van der Waals surface area (Å²) in [5.74, 6) is 2.01. The molecule has 0 saturated carbocycles. The minimum absolute atomic E-state index is 0.0218. The number of rotatable bonds is 2. The first-order chi connectivity index (χ1) is 12.6. The summed E-state index contributed by atoms with van der Waals surface area (Å²) in [5.41, 5.74) is 4.98. The van der Waals surface area contributed by atoms with E-state index in [1.807, 2.05) is 0 Å². The molecule has 0 radical (unpaired) electrons. The quantitative estimate of drug-likeness (QED) is 0.588. The van der Waals surface area contributed by atoms with E-state index in [0.717, 1.165) is 0 Å². The molecular weight excluding hydrogens is 401 g/mol. The van der Waals surface area contributed by atoms with E-state index in [1.54, 1.807) is 12.1 Å². The van der Waals surface area contributed by atoms with Crippen molar-refractivity contribution in [3.05, 3.63) is 58.4 Å². The second kappa shape index (κ2) is 7.15. The Balaban J connectivity index is 2.04. The van der Waals surface area contributed by atoms with Crippen molar-refractivity contribution in [2.24, 2.45) is 0 Å². The molecule has 1 aromatic heterocycles. The fourth-order valence-corrected chi connectivity index (χ4v) is 5.87. The molecule has 1 aromatic carbocycles. The second-order valence-corrected chi connectivity index (χ2v) is 10.3. The maximum atomic E-state index is 11.3. The number of carbonyl (C=O) groups is 1. The first kappa shape index (κ1) is 19.7. The van der Waals surface area contributed by atoms with E-state index >= 15 is 0 Å². The Morgan fingerprint density at radius 3 is 2.59 bits per heavy atom. The Hall–Kier alpha value is -2.08. The summed E-state index contributed by atoms with van der Waals surface area (Å²) in [4.78, 5) is 18.5. The third-order valence-electron chi connectivity index (χ3n) is 5.38. The van der Waals surface area contributed by atoms with Gasteiger partial charge in [-0.1, -0.05) is 0 Å². The molecule has 0 unspecified atom stereocenters. The van der Waals surface area contributed by atoms with Gasteiger partial charge in [0.25, 0.3) is 0 Å². The number of pyridine rings is 1. The molecule has 1 N–H and O–H groups in total. The van der Waals surface area contributed by atoms with Crippen LogP contribution in [0.25, 0.3) is 0 Å². The van der Waals surface area contributed by atoms with Crippen molar-refractivity contribution in [3.63, 3.8) is 0 Å². The van der Waals surface area contributed by atoms with Crippen LogP contribution in [0.3, 0.4) is 0 Å². The molecule has 1 heterocycles. The summed E-state index contributed by atoms with van der Waals surface area (Å²) in [7, 11) is 0. The van der Waals surface area contributed by atoms with Gasteiger partial charge in [-0.05, 0) is 0 Å². The fraction of sp³-hybridized carbons (Fsp3) is 0.391. The van der Waals surface area contributed by atoms with Crippen LogP contribution in [0.5, 0.6) is 0 Å². The van der Waals surface area contributed by atoms with Crippen molar-refractivity contribution in [2.45, 2.75) is 58.3 Å². The fourth-order valence-electron chi connectivity index (χ4n) is 3.76. The summed E-state index contributed by atoms with van der Waals surface area (Å²) < 4.78 is 1.32. The molecule has 0 bridgehead atoms. The van der Waals surface area contributed by atoms with E-state index < -0.39 is 5.97 Å².